The molecule has 38 heavy (non-hydrogen) atoms. The van der Waals surface area contributed by atoms with E-state index in [1.54, 1.807) is 13.8 Å². The van der Waals surface area contributed by atoms with E-state index < -0.39 is 44.9 Å². The number of nitrogens with zero attached hydrogens (tertiary/aromatic N) is 3. The van der Waals surface area contributed by atoms with Crippen molar-refractivity contribution < 1.29 is 38.4 Å². The molecule has 1 fully saturated rings. The number of nitro benzene ring substituents is 2. The van der Waals surface area contributed by atoms with Crippen molar-refractivity contribution in [1.29, 1.82) is 0 Å². The number of carbonyl (C=O) groups excluding carboxylic acids is 3. The van der Waals surface area contributed by atoms with Crippen molar-refractivity contribution in [3.05, 3.63) is 67.1 Å². The predicted octanol–water partition coefficient (Wildman–Crippen LogP) is 5.07. The molecule has 1 saturated heterocycles. The first-order valence-electron chi connectivity index (χ1n) is 11.4. The van der Waals surface area contributed by atoms with Crippen LogP contribution in [0.5, 0.6) is 17.2 Å². The van der Waals surface area contributed by atoms with Crippen LogP contribution in [0.4, 0.5) is 16.2 Å². The van der Waals surface area contributed by atoms with E-state index >= 15 is 0 Å². The van der Waals surface area contributed by atoms with Crippen molar-refractivity contribution in [2.45, 2.75) is 33.3 Å². The minimum atomic E-state index is -0.800. The summed E-state index contributed by atoms with van der Waals surface area (Å²) >= 11 is 0.667. The summed E-state index contributed by atoms with van der Waals surface area (Å²) in [6, 6.07) is 7.45. The second-order valence-electron chi connectivity index (χ2n) is 7.88. The summed E-state index contributed by atoms with van der Waals surface area (Å²) < 4.78 is 16.4. The Labute approximate surface area is 220 Å². The van der Waals surface area contributed by atoms with Crippen LogP contribution in [0.3, 0.4) is 0 Å². The molecule has 1 atom stereocenters. The Hall–Kier alpha value is -4.46. The molecule has 0 radical (unpaired) electrons. The highest BCUT2D eigenvalue weighted by molar-refractivity contribution is 8.18. The lowest BCUT2D eigenvalue weighted by atomic mass is 10.1. The summed E-state index contributed by atoms with van der Waals surface area (Å²) in [5.41, 5.74) is -0.621. The number of hydrogen-bond donors (Lipinski definition) is 0. The zero-order valence-corrected chi connectivity index (χ0v) is 21.4. The number of rotatable bonds is 11. The number of thioether (sulfide) groups is 1. The fraction of sp³-hybridized carbons (Fsp3) is 0.292. The standard InChI is InChI=1S/C24H23N3O10S/c1-4-14(3)36-22(28)13-25-23(29)21(38-24(25)30)11-15-6-8-19(20(10-15)35-5-2)37-18-9-7-16(26(31)32)12-17(18)27(33)34/h6-12,14H,4-5,13H2,1-3H3/b21-11+/t14-/m1/s1. The molecule has 2 amide bonds. The summed E-state index contributed by atoms with van der Waals surface area (Å²) in [6.45, 7) is 4.94. The Morgan fingerprint density at radius 3 is 2.39 bits per heavy atom. The Balaban J connectivity index is 1.85. The van der Waals surface area contributed by atoms with Crippen LogP contribution in [0.25, 0.3) is 6.08 Å². The van der Waals surface area contributed by atoms with Crippen LogP contribution in [0.1, 0.15) is 32.8 Å². The maximum absolute atomic E-state index is 12.7. The molecule has 0 aromatic heterocycles. The van der Waals surface area contributed by atoms with E-state index in [9.17, 15) is 34.6 Å². The average Bonchev–Trinajstić information content (AvgIpc) is 3.12. The van der Waals surface area contributed by atoms with Gasteiger partial charge in [0.05, 0.1) is 33.5 Å². The largest absolute Gasteiger partial charge is 0.490 e. The van der Waals surface area contributed by atoms with Crippen molar-refractivity contribution in [2.24, 2.45) is 0 Å². The molecule has 1 heterocycles. The zero-order valence-electron chi connectivity index (χ0n) is 20.6. The fourth-order valence-electron chi connectivity index (χ4n) is 3.20. The van der Waals surface area contributed by atoms with Gasteiger partial charge in [-0.3, -0.25) is 39.5 Å². The summed E-state index contributed by atoms with van der Waals surface area (Å²) in [4.78, 5) is 58.9. The van der Waals surface area contributed by atoms with E-state index in [0.29, 0.717) is 23.7 Å². The van der Waals surface area contributed by atoms with Gasteiger partial charge in [-0.05, 0) is 61.9 Å². The van der Waals surface area contributed by atoms with Crippen LogP contribution in [0.2, 0.25) is 0 Å². The molecule has 13 nitrogen and oxygen atoms in total. The molecule has 2 aromatic rings. The normalized spacial score (nSPS) is 14.9. The number of esters is 1. The molecule has 0 N–H and O–H groups in total. The first-order chi connectivity index (χ1) is 18.0. The number of imide groups is 1. The Morgan fingerprint density at radius 1 is 1.05 bits per heavy atom. The topological polar surface area (TPSA) is 168 Å². The van der Waals surface area contributed by atoms with E-state index in [1.807, 2.05) is 6.92 Å². The van der Waals surface area contributed by atoms with Gasteiger partial charge in [0, 0.05) is 6.07 Å². The van der Waals surface area contributed by atoms with Crippen molar-refractivity contribution in [1.82, 2.24) is 4.90 Å². The molecule has 14 heteroatoms. The fourth-order valence-corrected chi connectivity index (χ4v) is 4.03. The molecule has 0 unspecified atom stereocenters. The van der Waals surface area contributed by atoms with Crippen molar-refractivity contribution in [3.63, 3.8) is 0 Å². The molecule has 1 aliphatic heterocycles. The molecule has 0 spiro atoms. The smallest absolute Gasteiger partial charge is 0.326 e. The second kappa shape index (κ2) is 12.2. The van der Waals surface area contributed by atoms with Gasteiger partial charge in [-0.15, -0.1) is 0 Å². The number of amides is 2. The molecule has 0 aliphatic carbocycles. The van der Waals surface area contributed by atoms with Gasteiger partial charge in [0.25, 0.3) is 16.8 Å². The lowest BCUT2D eigenvalue weighted by Crippen LogP contribution is -2.35. The summed E-state index contributed by atoms with van der Waals surface area (Å²) in [5, 5.41) is 21.8. The van der Waals surface area contributed by atoms with Crippen LogP contribution in [0, 0.1) is 20.2 Å². The predicted molar refractivity (Wildman–Crippen MR) is 136 cm³/mol. The number of ether oxygens (including phenoxy) is 3. The monoisotopic (exact) mass is 545 g/mol. The Morgan fingerprint density at radius 2 is 1.76 bits per heavy atom. The minimum Gasteiger partial charge on any atom is -0.490 e. The molecule has 2 aromatic carbocycles. The van der Waals surface area contributed by atoms with Gasteiger partial charge < -0.3 is 14.2 Å². The van der Waals surface area contributed by atoms with Crippen LogP contribution >= 0.6 is 11.8 Å². The highest BCUT2D eigenvalue weighted by Gasteiger charge is 2.37. The van der Waals surface area contributed by atoms with Gasteiger partial charge in [-0.2, -0.15) is 0 Å². The van der Waals surface area contributed by atoms with Gasteiger partial charge in [0.15, 0.2) is 11.5 Å². The van der Waals surface area contributed by atoms with Crippen LogP contribution in [0.15, 0.2) is 41.3 Å². The Kier molecular flexibility index (Phi) is 9.02. The van der Waals surface area contributed by atoms with Gasteiger partial charge in [0.1, 0.15) is 6.54 Å². The van der Waals surface area contributed by atoms with E-state index in [-0.39, 0.29) is 34.9 Å². The quantitative estimate of drug-likeness (QED) is 0.160. The lowest BCUT2D eigenvalue weighted by Gasteiger charge is -2.15. The lowest BCUT2D eigenvalue weighted by molar-refractivity contribution is -0.394. The molecule has 1 aliphatic rings. The maximum Gasteiger partial charge on any atom is 0.326 e. The number of nitro groups is 2. The van der Waals surface area contributed by atoms with Gasteiger partial charge in [-0.25, -0.2) is 0 Å². The third kappa shape index (κ3) is 6.64. The van der Waals surface area contributed by atoms with Gasteiger partial charge >= 0.3 is 11.7 Å². The van der Waals surface area contributed by atoms with Crippen molar-refractivity contribution >= 4 is 46.3 Å². The van der Waals surface area contributed by atoms with E-state index in [2.05, 4.69) is 0 Å². The number of carbonyl (C=O) groups is 3. The number of non-ortho nitro benzene ring substituents is 1. The van der Waals surface area contributed by atoms with E-state index in [0.717, 1.165) is 23.1 Å². The molecular formula is C24H23N3O10S. The number of benzene rings is 2. The van der Waals surface area contributed by atoms with Crippen molar-refractivity contribution in [3.8, 4) is 17.2 Å². The molecule has 0 bridgehead atoms. The maximum atomic E-state index is 12.7. The summed E-state index contributed by atoms with van der Waals surface area (Å²) in [7, 11) is 0. The molecular weight excluding hydrogens is 522 g/mol. The van der Waals surface area contributed by atoms with Crippen LogP contribution < -0.4 is 9.47 Å². The third-order valence-corrected chi connectivity index (χ3v) is 6.11. The Bertz CT molecular complexity index is 1330. The summed E-state index contributed by atoms with van der Waals surface area (Å²) in [5.74, 6) is -1.32. The van der Waals surface area contributed by atoms with E-state index in [1.165, 1.54) is 24.3 Å². The molecule has 3 rings (SSSR count). The third-order valence-electron chi connectivity index (χ3n) is 5.20. The van der Waals surface area contributed by atoms with Crippen LogP contribution in [-0.4, -0.2) is 51.1 Å². The highest BCUT2D eigenvalue weighted by atomic mass is 32.2. The second-order valence-corrected chi connectivity index (χ2v) is 8.88. The van der Waals surface area contributed by atoms with E-state index in [4.69, 9.17) is 14.2 Å². The average molecular weight is 546 g/mol. The molecule has 0 saturated carbocycles. The SMILES string of the molecule is CCOc1cc(/C=C2/SC(=O)N(CC(=O)O[C@H](C)CC)C2=O)ccc1Oc1ccc([N+](=O)[O-])cc1[N+](=O)[O-]. The zero-order chi connectivity index (χ0) is 28.0. The van der Waals surface area contributed by atoms with Gasteiger partial charge in [-0.1, -0.05) is 13.0 Å². The van der Waals surface area contributed by atoms with Crippen LogP contribution in [-0.2, 0) is 14.3 Å². The summed E-state index contributed by atoms with van der Waals surface area (Å²) in [6.07, 6.45) is 1.68. The first kappa shape index (κ1) is 28.1. The van der Waals surface area contributed by atoms with Gasteiger partial charge in [0.2, 0.25) is 5.75 Å². The minimum absolute atomic E-state index is 0.0773. The highest BCUT2D eigenvalue weighted by Crippen LogP contribution is 2.39. The first-order valence-corrected chi connectivity index (χ1v) is 12.2. The number of hydrogen-bond acceptors (Lipinski definition) is 11. The van der Waals surface area contributed by atoms with Crippen molar-refractivity contribution in [2.75, 3.05) is 13.2 Å². The molecule has 200 valence electrons.